The largest absolute Gasteiger partial charge is 0.350 e. The van der Waals surface area contributed by atoms with Crippen molar-refractivity contribution in [2.24, 2.45) is 5.73 Å². The summed E-state index contributed by atoms with van der Waals surface area (Å²) in [5.41, 5.74) is 5.93. The molecule has 0 spiro atoms. The number of nitrogens with zero attached hydrogens (tertiary/aromatic N) is 3. The van der Waals surface area contributed by atoms with Gasteiger partial charge >= 0.3 is 5.69 Å². The summed E-state index contributed by atoms with van der Waals surface area (Å²) in [5.74, 6) is -0.0729. The Morgan fingerprint density at radius 2 is 2.14 bits per heavy atom. The van der Waals surface area contributed by atoms with E-state index in [9.17, 15) is 9.59 Å². The molecule has 0 bridgehead atoms. The van der Waals surface area contributed by atoms with E-state index >= 15 is 0 Å². The zero-order valence-electron chi connectivity index (χ0n) is 12.5. The van der Waals surface area contributed by atoms with Gasteiger partial charge in [0.2, 0.25) is 5.91 Å². The van der Waals surface area contributed by atoms with Crippen LogP contribution in [0, 0.1) is 0 Å². The average Bonchev–Trinajstić information content (AvgIpc) is 3.11. The Kier molecular flexibility index (Phi) is 3.98. The van der Waals surface area contributed by atoms with Crippen LogP contribution in [0.15, 0.2) is 29.2 Å². The lowest BCUT2D eigenvalue weighted by Gasteiger charge is -2.28. The molecule has 1 aliphatic carbocycles. The summed E-state index contributed by atoms with van der Waals surface area (Å²) in [6, 6.07) is 5.36. The number of carbonyl (C=O) groups excluding carboxylic acids is 1. The fraction of sp³-hybridized carbons (Fsp3) is 0.533. The number of pyridine rings is 1. The maximum atomic E-state index is 12.1. The summed E-state index contributed by atoms with van der Waals surface area (Å²) >= 11 is 0. The van der Waals surface area contributed by atoms with Crippen LogP contribution in [0.3, 0.4) is 0 Å². The number of hydrogen-bond donors (Lipinski definition) is 2. The van der Waals surface area contributed by atoms with Crippen LogP contribution < -0.4 is 16.7 Å². The Morgan fingerprint density at radius 1 is 1.36 bits per heavy atom. The molecule has 3 N–H and O–H groups in total. The molecule has 0 aromatic carbocycles. The molecule has 0 saturated heterocycles. The summed E-state index contributed by atoms with van der Waals surface area (Å²) in [6.07, 6.45) is 5.97. The maximum absolute atomic E-state index is 12.1. The van der Waals surface area contributed by atoms with Crippen LogP contribution in [-0.4, -0.2) is 32.2 Å². The molecule has 22 heavy (non-hydrogen) atoms. The predicted molar refractivity (Wildman–Crippen MR) is 82.5 cm³/mol. The lowest BCUT2D eigenvalue weighted by molar-refractivity contribution is -0.123. The van der Waals surface area contributed by atoms with Gasteiger partial charge in [-0.3, -0.25) is 9.20 Å². The number of rotatable bonds is 5. The molecule has 0 radical (unpaired) electrons. The summed E-state index contributed by atoms with van der Waals surface area (Å²) in [6.45, 7) is 0.736. The second-order valence-corrected chi connectivity index (χ2v) is 5.92. The van der Waals surface area contributed by atoms with E-state index in [4.69, 9.17) is 5.73 Å². The smallest absolute Gasteiger partial charge is 0.349 e. The van der Waals surface area contributed by atoms with Crippen molar-refractivity contribution in [2.45, 2.75) is 44.2 Å². The first-order chi connectivity index (χ1) is 10.6. The Bertz CT molecular complexity index is 727. The van der Waals surface area contributed by atoms with E-state index < -0.39 is 0 Å². The lowest BCUT2D eigenvalue weighted by Crippen LogP contribution is -2.51. The van der Waals surface area contributed by atoms with Gasteiger partial charge in [-0.15, -0.1) is 5.10 Å². The average molecular weight is 303 g/mol. The highest BCUT2D eigenvalue weighted by Crippen LogP contribution is 2.28. The first-order valence-corrected chi connectivity index (χ1v) is 7.69. The third kappa shape index (κ3) is 2.76. The van der Waals surface area contributed by atoms with Crippen LogP contribution in [0.2, 0.25) is 0 Å². The first-order valence-electron chi connectivity index (χ1n) is 7.69. The second kappa shape index (κ2) is 5.92. The first kappa shape index (κ1) is 14.8. The molecule has 1 saturated carbocycles. The van der Waals surface area contributed by atoms with Crippen molar-refractivity contribution in [2.75, 3.05) is 6.54 Å². The Hall–Kier alpha value is -2.15. The SMILES string of the molecule is NCC1(NC(=O)CCn2nc3ccccn3c2=O)CCCC1. The number of nitrogens with one attached hydrogen (secondary N) is 1. The maximum Gasteiger partial charge on any atom is 0.350 e. The van der Waals surface area contributed by atoms with Gasteiger partial charge in [0.15, 0.2) is 5.65 Å². The molecular weight excluding hydrogens is 282 g/mol. The summed E-state index contributed by atoms with van der Waals surface area (Å²) in [5, 5.41) is 7.27. The van der Waals surface area contributed by atoms with Crippen LogP contribution in [0.5, 0.6) is 0 Å². The Morgan fingerprint density at radius 3 is 2.82 bits per heavy atom. The van der Waals surface area contributed by atoms with E-state index in [0.717, 1.165) is 25.7 Å². The molecule has 0 aliphatic heterocycles. The molecule has 2 aromatic rings. The number of aromatic nitrogens is 3. The zero-order chi connectivity index (χ0) is 15.6. The lowest BCUT2D eigenvalue weighted by atomic mass is 9.97. The quantitative estimate of drug-likeness (QED) is 0.829. The molecular formula is C15H21N5O2. The Labute approximate surface area is 128 Å². The fourth-order valence-electron chi connectivity index (χ4n) is 3.11. The van der Waals surface area contributed by atoms with Gasteiger partial charge in [-0.05, 0) is 25.0 Å². The second-order valence-electron chi connectivity index (χ2n) is 5.92. The van der Waals surface area contributed by atoms with Gasteiger partial charge in [0.05, 0.1) is 12.1 Å². The third-order valence-electron chi connectivity index (χ3n) is 4.40. The van der Waals surface area contributed by atoms with E-state index in [1.807, 2.05) is 6.07 Å². The van der Waals surface area contributed by atoms with Crippen LogP contribution in [0.25, 0.3) is 5.65 Å². The monoisotopic (exact) mass is 303 g/mol. The van der Waals surface area contributed by atoms with Crippen molar-refractivity contribution in [1.29, 1.82) is 0 Å². The summed E-state index contributed by atoms with van der Waals surface area (Å²) in [4.78, 5) is 24.3. The van der Waals surface area contributed by atoms with Crippen molar-refractivity contribution in [1.82, 2.24) is 19.5 Å². The van der Waals surface area contributed by atoms with E-state index in [2.05, 4.69) is 10.4 Å². The van der Waals surface area contributed by atoms with E-state index in [1.165, 1.54) is 9.08 Å². The van der Waals surface area contributed by atoms with Crippen LogP contribution in [-0.2, 0) is 11.3 Å². The van der Waals surface area contributed by atoms with Crippen molar-refractivity contribution >= 4 is 11.6 Å². The number of nitrogens with two attached hydrogens (primary N) is 1. The van der Waals surface area contributed by atoms with Gasteiger partial charge in [0.1, 0.15) is 0 Å². The van der Waals surface area contributed by atoms with Crippen molar-refractivity contribution < 1.29 is 4.79 Å². The molecule has 2 heterocycles. The van der Waals surface area contributed by atoms with Gasteiger partial charge in [-0.25, -0.2) is 9.48 Å². The van der Waals surface area contributed by atoms with Crippen LogP contribution in [0.1, 0.15) is 32.1 Å². The molecule has 118 valence electrons. The predicted octanol–water partition coefficient (Wildman–Crippen LogP) is 0.274. The third-order valence-corrected chi connectivity index (χ3v) is 4.40. The van der Waals surface area contributed by atoms with Crippen molar-refractivity contribution in [3.63, 3.8) is 0 Å². The van der Waals surface area contributed by atoms with E-state index in [-0.39, 0.29) is 30.1 Å². The molecule has 0 unspecified atom stereocenters. The number of fused-ring (bicyclic) bond motifs is 1. The molecule has 2 aromatic heterocycles. The standard InChI is InChI=1S/C15H21N5O2/c16-11-15(7-2-3-8-15)17-13(21)6-10-20-14(22)19-9-4-1-5-12(19)18-20/h1,4-5,9H,2-3,6-8,10-11,16H2,(H,17,21). The minimum atomic E-state index is -0.249. The van der Waals surface area contributed by atoms with Gasteiger partial charge in [-0.1, -0.05) is 18.9 Å². The number of amides is 1. The molecule has 3 rings (SSSR count). The topological polar surface area (TPSA) is 94.4 Å². The molecule has 1 amide bonds. The number of hydrogen-bond acceptors (Lipinski definition) is 4. The normalized spacial score (nSPS) is 17.0. The van der Waals surface area contributed by atoms with E-state index in [0.29, 0.717) is 12.2 Å². The zero-order valence-corrected chi connectivity index (χ0v) is 12.5. The van der Waals surface area contributed by atoms with Gasteiger partial charge in [-0.2, -0.15) is 0 Å². The molecule has 1 aliphatic rings. The van der Waals surface area contributed by atoms with Crippen molar-refractivity contribution in [3.8, 4) is 0 Å². The fourth-order valence-corrected chi connectivity index (χ4v) is 3.11. The summed E-state index contributed by atoms with van der Waals surface area (Å²) in [7, 11) is 0. The summed E-state index contributed by atoms with van der Waals surface area (Å²) < 4.78 is 2.80. The molecule has 1 fully saturated rings. The van der Waals surface area contributed by atoms with Crippen LogP contribution in [0.4, 0.5) is 0 Å². The minimum absolute atomic E-state index is 0.0729. The van der Waals surface area contributed by atoms with Crippen LogP contribution >= 0.6 is 0 Å². The minimum Gasteiger partial charge on any atom is -0.349 e. The van der Waals surface area contributed by atoms with Gasteiger partial charge in [0, 0.05) is 19.2 Å². The molecule has 7 heteroatoms. The molecule has 7 nitrogen and oxygen atoms in total. The van der Waals surface area contributed by atoms with Crippen molar-refractivity contribution in [3.05, 3.63) is 34.9 Å². The van der Waals surface area contributed by atoms with Gasteiger partial charge in [0.25, 0.3) is 0 Å². The number of aryl methyl sites for hydroxylation is 1. The highest BCUT2D eigenvalue weighted by molar-refractivity contribution is 5.76. The van der Waals surface area contributed by atoms with E-state index in [1.54, 1.807) is 18.3 Å². The highest BCUT2D eigenvalue weighted by atomic mass is 16.2. The highest BCUT2D eigenvalue weighted by Gasteiger charge is 2.33. The van der Waals surface area contributed by atoms with Gasteiger partial charge < -0.3 is 11.1 Å². The molecule has 0 atom stereocenters. The number of carbonyl (C=O) groups is 1. The Balaban J connectivity index is 1.65.